The zero-order valence-corrected chi connectivity index (χ0v) is 27.0. The molecule has 4 aromatic carbocycles. The van der Waals surface area contributed by atoms with Crippen LogP contribution in [0.3, 0.4) is 0 Å². The highest BCUT2D eigenvalue weighted by Crippen LogP contribution is 2.42. The van der Waals surface area contributed by atoms with Gasteiger partial charge in [-0.2, -0.15) is 0 Å². The number of rotatable bonds is 10. The summed E-state index contributed by atoms with van der Waals surface area (Å²) in [5.41, 5.74) is -0.713. The molecule has 0 saturated carbocycles. The van der Waals surface area contributed by atoms with Crippen LogP contribution in [0.1, 0.15) is 71.2 Å². The molecule has 50 heavy (non-hydrogen) atoms. The Morgan fingerprint density at radius 1 is 0.480 bits per heavy atom. The van der Waals surface area contributed by atoms with Crippen molar-refractivity contribution in [3.63, 3.8) is 0 Å². The molecule has 0 radical (unpaired) electrons. The van der Waals surface area contributed by atoms with Gasteiger partial charge in [0.05, 0.1) is 32.9 Å². The molecule has 1 aliphatic rings. The van der Waals surface area contributed by atoms with Gasteiger partial charge in [-0.3, -0.25) is 40.5 Å². The van der Waals surface area contributed by atoms with Crippen LogP contribution in [0.15, 0.2) is 48.5 Å². The minimum Gasteiger partial charge on any atom is -0.507 e. The van der Waals surface area contributed by atoms with Crippen molar-refractivity contribution in [1.82, 2.24) is 0 Å². The Balaban J connectivity index is 1.90. The minimum absolute atomic E-state index is 0.0243. The van der Waals surface area contributed by atoms with Gasteiger partial charge in [0.25, 0.3) is 22.7 Å². The van der Waals surface area contributed by atoms with Crippen LogP contribution in [-0.2, 0) is 25.7 Å². The van der Waals surface area contributed by atoms with E-state index in [2.05, 4.69) is 0 Å². The minimum atomic E-state index is -0.659. The van der Waals surface area contributed by atoms with Gasteiger partial charge in [0.1, 0.15) is 23.0 Å². The fourth-order valence-electron chi connectivity index (χ4n) is 6.04. The molecule has 16 heteroatoms. The molecule has 0 aromatic heterocycles. The Kier molecular flexibility index (Phi) is 10.1. The first-order valence-corrected chi connectivity index (χ1v) is 15.6. The maximum atomic E-state index is 12.1. The molecular formula is C34H32N4O12. The molecule has 8 bridgehead atoms. The molecule has 0 saturated heterocycles. The van der Waals surface area contributed by atoms with E-state index in [1.807, 2.05) is 13.8 Å². The van der Waals surface area contributed by atoms with Gasteiger partial charge < -0.3 is 19.7 Å². The average Bonchev–Trinajstić information content (AvgIpc) is 3.06. The highest BCUT2D eigenvalue weighted by atomic mass is 16.6. The van der Waals surface area contributed by atoms with Gasteiger partial charge in [-0.1, -0.05) is 13.8 Å². The van der Waals surface area contributed by atoms with E-state index in [9.17, 15) is 50.7 Å². The number of aromatic hydroxyl groups is 2. The average molecular weight is 689 g/mol. The van der Waals surface area contributed by atoms with Crippen LogP contribution in [0, 0.1) is 40.5 Å². The fourth-order valence-corrected chi connectivity index (χ4v) is 6.04. The Morgan fingerprint density at radius 3 is 0.900 bits per heavy atom. The molecule has 0 atom stereocenters. The van der Waals surface area contributed by atoms with Crippen LogP contribution in [-0.4, -0.2) is 43.1 Å². The number of benzene rings is 4. The second-order valence-corrected chi connectivity index (χ2v) is 11.8. The number of hydrogen-bond acceptors (Lipinski definition) is 12. The first kappa shape index (κ1) is 35.0. The molecule has 0 aliphatic heterocycles. The van der Waals surface area contributed by atoms with Gasteiger partial charge in [-0.05, 0) is 12.8 Å². The lowest BCUT2D eigenvalue weighted by molar-refractivity contribution is -0.385. The highest BCUT2D eigenvalue weighted by Gasteiger charge is 2.27. The summed E-state index contributed by atoms with van der Waals surface area (Å²) in [5, 5.41) is 71.6. The molecular weight excluding hydrogens is 656 g/mol. The summed E-state index contributed by atoms with van der Waals surface area (Å²) in [5.74, 6) is -0.434. The number of phenols is 2. The quantitative estimate of drug-likeness (QED) is 0.112. The van der Waals surface area contributed by atoms with E-state index in [1.165, 1.54) is 24.3 Å². The van der Waals surface area contributed by atoms with Crippen LogP contribution < -0.4 is 9.47 Å². The predicted octanol–water partition coefficient (Wildman–Crippen LogP) is 6.98. The normalized spacial score (nSPS) is 12.2. The second kappa shape index (κ2) is 14.4. The molecule has 1 aliphatic carbocycles. The third-order valence-electron chi connectivity index (χ3n) is 8.23. The number of nitro groups is 4. The van der Waals surface area contributed by atoms with Crippen LogP contribution in [0.2, 0.25) is 0 Å². The van der Waals surface area contributed by atoms with E-state index in [0.29, 0.717) is 12.8 Å². The second-order valence-electron chi connectivity index (χ2n) is 11.8. The van der Waals surface area contributed by atoms with Crippen LogP contribution in [0.25, 0.3) is 0 Å². The first-order chi connectivity index (χ1) is 23.8. The molecule has 4 aromatic rings. The van der Waals surface area contributed by atoms with E-state index < -0.39 is 31.1 Å². The number of ether oxygens (including phenoxy) is 2. The molecule has 0 heterocycles. The number of phenolic OH excluding ortho intramolecular Hbond substituents is 2. The number of hydrogen-bond donors (Lipinski definition) is 2. The monoisotopic (exact) mass is 688 g/mol. The zero-order chi connectivity index (χ0) is 36.3. The summed E-state index contributed by atoms with van der Waals surface area (Å²) in [6.07, 6.45) is -0.0552. The van der Waals surface area contributed by atoms with E-state index in [1.54, 1.807) is 0 Å². The molecule has 0 spiro atoms. The predicted molar refractivity (Wildman–Crippen MR) is 179 cm³/mol. The molecule has 0 fully saturated rings. The molecule has 2 N–H and O–H groups in total. The maximum absolute atomic E-state index is 12.1. The summed E-state index contributed by atoms with van der Waals surface area (Å²) in [4.78, 5) is 45.8. The Morgan fingerprint density at radius 2 is 0.700 bits per heavy atom. The van der Waals surface area contributed by atoms with Crippen molar-refractivity contribution < 1.29 is 39.4 Å². The van der Waals surface area contributed by atoms with Gasteiger partial charge in [0, 0.05) is 119 Å². The molecule has 5 rings (SSSR count). The van der Waals surface area contributed by atoms with Crippen molar-refractivity contribution in [3.8, 4) is 23.0 Å². The van der Waals surface area contributed by atoms with Crippen molar-refractivity contribution in [2.24, 2.45) is 0 Å². The number of fused-ring (bicyclic) bond motifs is 8. The van der Waals surface area contributed by atoms with E-state index >= 15 is 0 Å². The summed E-state index contributed by atoms with van der Waals surface area (Å²) in [6.45, 7) is 3.98. The molecule has 0 amide bonds. The molecule has 16 nitrogen and oxygen atoms in total. The van der Waals surface area contributed by atoms with Crippen LogP contribution in [0.4, 0.5) is 22.7 Å². The summed E-state index contributed by atoms with van der Waals surface area (Å²) in [6, 6.07) is 9.42. The largest absolute Gasteiger partial charge is 0.507 e. The van der Waals surface area contributed by atoms with E-state index in [0.717, 1.165) is 24.3 Å². The van der Waals surface area contributed by atoms with Crippen molar-refractivity contribution in [2.75, 3.05) is 13.2 Å². The lowest BCUT2D eigenvalue weighted by Crippen LogP contribution is -2.09. The molecule has 0 unspecified atom stereocenters. The lowest BCUT2D eigenvalue weighted by Gasteiger charge is -2.20. The number of non-ortho nitro benzene ring substituents is 4. The smallest absolute Gasteiger partial charge is 0.270 e. The van der Waals surface area contributed by atoms with Crippen molar-refractivity contribution in [2.45, 2.75) is 52.4 Å². The van der Waals surface area contributed by atoms with E-state index in [-0.39, 0.29) is 118 Å². The van der Waals surface area contributed by atoms with Crippen LogP contribution in [0.5, 0.6) is 23.0 Å². The van der Waals surface area contributed by atoms with Gasteiger partial charge in [-0.15, -0.1) is 0 Å². The summed E-state index contributed by atoms with van der Waals surface area (Å²) in [7, 11) is 0. The van der Waals surface area contributed by atoms with Gasteiger partial charge in [-0.25, -0.2) is 0 Å². The lowest BCUT2D eigenvalue weighted by atomic mass is 9.90. The van der Waals surface area contributed by atoms with Crippen molar-refractivity contribution >= 4 is 22.7 Å². The van der Waals surface area contributed by atoms with Gasteiger partial charge in [0.2, 0.25) is 0 Å². The van der Waals surface area contributed by atoms with Crippen LogP contribution >= 0.6 is 0 Å². The zero-order valence-electron chi connectivity index (χ0n) is 27.0. The standard InChI is InChI=1S/C34H32N4O12/c1-3-5-49-33-23-7-19-11-27(35(41)42)13-21(31(19)39)9-25-17-30(38(47)48)18-26(34(25)50-6-4-2)10-22-14-28(36(43)44)12-20(32(22)40)8-24(33)16-29(15-23)37(45)46/h11-18,39-40H,3-10H2,1-2H3. The number of nitrogens with zero attached hydrogens (tertiary/aromatic N) is 4. The number of nitro benzene ring substituents is 4. The van der Waals surface area contributed by atoms with Gasteiger partial charge >= 0.3 is 0 Å². The first-order valence-electron chi connectivity index (χ1n) is 15.6. The third-order valence-corrected chi connectivity index (χ3v) is 8.23. The maximum Gasteiger partial charge on any atom is 0.270 e. The van der Waals surface area contributed by atoms with Crippen molar-refractivity contribution in [3.05, 3.63) is 133 Å². The Hall–Kier alpha value is -6.32. The van der Waals surface area contributed by atoms with E-state index in [4.69, 9.17) is 9.47 Å². The Bertz CT molecular complexity index is 1800. The highest BCUT2D eigenvalue weighted by molar-refractivity contribution is 5.62. The van der Waals surface area contributed by atoms with Gasteiger partial charge in [0.15, 0.2) is 0 Å². The van der Waals surface area contributed by atoms with Crippen molar-refractivity contribution in [1.29, 1.82) is 0 Å². The topological polar surface area (TPSA) is 231 Å². The Labute approximate surface area is 284 Å². The third kappa shape index (κ3) is 7.23. The summed E-state index contributed by atoms with van der Waals surface area (Å²) < 4.78 is 12.1. The SMILES string of the molecule is CCCOc1c2cc([N+](=O)[O-])cc1Cc1cc([N+](=O)[O-])cc(c1O)Cc1cc([N+](=O)[O-])cc(c1OCCC)Cc1cc([N+](=O)[O-])cc(c1O)C2. The molecule has 260 valence electrons. The fraction of sp³-hybridized carbons (Fsp3) is 0.294. The summed E-state index contributed by atoms with van der Waals surface area (Å²) >= 11 is 0.